The number of carbonyl (C=O) groups is 2. The van der Waals surface area contributed by atoms with E-state index >= 15 is 0 Å². The van der Waals surface area contributed by atoms with Crippen LogP contribution in [0.4, 0.5) is 0 Å². The average molecular weight is 401 g/mol. The van der Waals surface area contributed by atoms with Crippen LogP contribution < -0.4 is 0 Å². The van der Waals surface area contributed by atoms with Gasteiger partial charge in [0, 0.05) is 44.7 Å². The van der Waals surface area contributed by atoms with Crippen molar-refractivity contribution in [3.8, 4) is 0 Å². The number of piperidine rings is 2. The molecular weight excluding hydrogens is 368 g/mol. The molecular formula is C23H32N2O4. The third-order valence-corrected chi connectivity index (χ3v) is 6.96. The quantitative estimate of drug-likeness (QED) is 0.785. The Kier molecular flexibility index (Phi) is 5.93. The molecule has 1 unspecified atom stereocenters. The molecule has 0 aliphatic carbocycles. The molecule has 0 aromatic heterocycles. The molecule has 0 bridgehead atoms. The van der Waals surface area contributed by atoms with Gasteiger partial charge in [-0.25, -0.2) is 0 Å². The maximum atomic E-state index is 12.8. The smallest absolute Gasteiger partial charge is 0.312 e. The van der Waals surface area contributed by atoms with Crippen molar-refractivity contribution >= 4 is 11.9 Å². The Hall–Kier alpha value is -1.92. The van der Waals surface area contributed by atoms with Crippen molar-refractivity contribution in [2.75, 3.05) is 32.7 Å². The van der Waals surface area contributed by atoms with Crippen LogP contribution in [0.5, 0.6) is 0 Å². The number of nitrogens with zero attached hydrogens (tertiary/aromatic N) is 2. The molecule has 4 rings (SSSR count). The van der Waals surface area contributed by atoms with E-state index in [2.05, 4.69) is 11.8 Å². The molecule has 3 aliphatic heterocycles. The number of likely N-dealkylation sites (tertiary alicyclic amines) is 2. The van der Waals surface area contributed by atoms with E-state index in [0.717, 1.165) is 50.9 Å². The summed E-state index contributed by atoms with van der Waals surface area (Å²) in [4.78, 5) is 29.7. The van der Waals surface area contributed by atoms with Crippen LogP contribution in [-0.4, -0.2) is 71.7 Å². The molecule has 3 heterocycles. The number of hydrogen-bond acceptors (Lipinski definition) is 5. The maximum absolute atomic E-state index is 12.8. The molecule has 3 fully saturated rings. The Morgan fingerprint density at radius 3 is 2.41 bits per heavy atom. The Morgan fingerprint density at radius 1 is 1.14 bits per heavy atom. The zero-order valence-electron chi connectivity index (χ0n) is 17.3. The number of aryl methyl sites for hydroxylation is 1. The van der Waals surface area contributed by atoms with Crippen molar-refractivity contribution in [1.82, 2.24) is 9.80 Å². The van der Waals surface area contributed by atoms with E-state index in [0.29, 0.717) is 25.9 Å². The van der Waals surface area contributed by atoms with Gasteiger partial charge in [-0.15, -0.1) is 0 Å². The van der Waals surface area contributed by atoms with Crippen LogP contribution in [0, 0.1) is 5.41 Å². The highest BCUT2D eigenvalue weighted by Crippen LogP contribution is 2.43. The lowest BCUT2D eigenvalue weighted by Crippen LogP contribution is -2.45. The van der Waals surface area contributed by atoms with Crippen molar-refractivity contribution in [1.29, 1.82) is 0 Å². The summed E-state index contributed by atoms with van der Waals surface area (Å²) in [6, 6.07) is 7.83. The van der Waals surface area contributed by atoms with Gasteiger partial charge >= 0.3 is 5.97 Å². The van der Waals surface area contributed by atoms with Gasteiger partial charge in [0.1, 0.15) is 6.10 Å². The number of amides is 1. The van der Waals surface area contributed by atoms with E-state index in [1.807, 2.05) is 29.2 Å². The lowest BCUT2D eigenvalue weighted by molar-refractivity contribution is -0.151. The number of esters is 1. The molecule has 1 spiro atoms. The molecule has 3 aliphatic rings. The fraction of sp³-hybridized carbons (Fsp3) is 0.652. The summed E-state index contributed by atoms with van der Waals surface area (Å²) in [6.45, 7) is 5.79. The second-order valence-electron chi connectivity index (χ2n) is 8.89. The lowest BCUT2D eigenvalue weighted by atomic mass is 9.76. The SMILES string of the molecule is CCc1ccc(C(=O)N2CCC3(CC2)CC(CN2CCC(O)CC2)OC3=O)cc1. The fourth-order valence-electron chi connectivity index (χ4n) is 4.94. The average Bonchev–Trinajstić information content (AvgIpc) is 3.04. The minimum Gasteiger partial charge on any atom is -0.461 e. The third-order valence-electron chi connectivity index (χ3n) is 6.96. The lowest BCUT2D eigenvalue weighted by Gasteiger charge is -2.36. The summed E-state index contributed by atoms with van der Waals surface area (Å²) in [5, 5.41) is 9.66. The van der Waals surface area contributed by atoms with Crippen molar-refractivity contribution in [3.63, 3.8) is 0 Å². The molecule has 6 nitrogen and oxygen atoms in total. The Bertz CT molecular complexity index is 732. The highest BCUT2D eigenvalue weighted by Gasteiger charge is 2.51. The number of rotatable bonds is 4. The molecule has 0 radical (unpaired) electrons. The third kappa shape index (κ3) is 4.33. The second-order valence-corrected chi connectivity index (χ2v) is 8.89. The highest BCUT2D eigenvalue weighted by molar-refractivity contribution is 5.94. The maximum Gasteiger partial charge on any atom is 0.312 e. The van der Waals surface area contributed by atoms with Crippen molar-refractivity contribution in [2.24, 2.45) is 5.41 Å². The van der Waals surface area contributed by atoms with Crippen LogP contribution in [0.1, 0.15) is 54.9 Å². The van der Waals surface area contributed by atoms with E-state index in [4.69, 9.17) is 4.74 Å². The summed E-state index contributed by atoms with van der Waals surface area (Å²) in [5.74, 6) is -0.0313. The highest BCUT2D eigenvalue weighted by atomic mass is 16.6. The van der Waals surface area contributed by atoms with Crippen LogP contribution in [0.2, 0.25) is 0 Å². The number of ether oxygens (including phenoxy) is 1. The molecule has 1 amide bonds. The van der Waals surface area contributed by atoms with E-state index in [1.54, 1.807) is 0 Å². The van der Waals surface area contributed by atoms with Gasteiger partial charge in [-0.3, -0.25) is 14.5 Å². The number of benzene rings is 1. The predicted molar refractivity (Wildman–Crippen MR) is 110 cm³/mol. The molecule has 1 aromatic rings. The fourth-order valence-corrected chi connectivity index (χ4v) is 4.94. The molecule has 1 atom stereocenters. The number of carbonyl (C=O) groups excluding carboxylic acids is 2. The second kappa shape index (κ2) is 8.44. The van der Waals surface area contributed by atoms with E-state index < -0.39 is 5.41 Å². The van der Waals surface area contributed by atoms with Gasteiger partial charge in [0.2, 0.25) is 0 Å². The summed E-state index contributed by atoms with van der Waals surface area (Å²) >= 11 is 0. The van der Waals surface area contributed by atoms with E-state index in [1.165, 1.54) is 5.56 Å². The number of cyclic esters (lactones) is 1. The van der Waals surface area contributed by atoms with Crippen LogP contribution in [-0.2, 0) is 16.0 Å². The first kappa shape index (κ1) is 20.4. The first-order chi connectivity index (χ1) is 14.0. The van der Waals surface area contributed by atoms with Gasteiger partial charge in [0.15, 0.2) is 0 Å². The normalized spacial score (nSPS) is 25.4. The molecule has 29 heavy (non-hydrogen) atoms. The first-order valence-electron chi connectivity index (χ1n) is 11.0. The summed E-state index contributed by atoms with van der Waals surface area (Å²) < 4.78 is 5.74. The largest absolute Gasteiger partial charge is 0.461 e. The monoisotopic (exact) mass is 400 g/mol. The summed E-state index contributed by atoms with van der Waals surface area (Å²) in [7, 11) is 0. The molecule has 1 aromatic carbocycles. The number of aliphatic hydroxyl groups excluding tert-OH is 1. The predicted octanol–water partition coefficient (Wildman–Crippen LogP) is 2.24. The number of hydrogen-bond donors (Lipinski definition) is 1. The molecule has 0 saturated carbocycles. The van der Waals surface area contributed by atoms with Crippen molar-refractivity contribution in [3.05, 3.63) is 35.4 Å². The van der Waals surface area contributed by atoms with Gasteiger partial charge in [-0.2, -0.15) is 0 Å². The zero-order chi connectivity index (χ0) is 20.4. The standard InChI is InChI=1S/C23H32N2O4/c1-2-17-3-5-18(6-4-17)21(27)25-13-9-23(10-14-25)15-20(29-22(23)28)16-24-11-7-19(26)8-12-24/h3-6,19-20,26H,2,7-16H2,1H3. The van der Waals surface area contributed by atoms with Crippen LogP contribution in [0.15, 0.2) is 24.3 Å². The Labute approximate surface area is 172 Å². The molecule has 158 valence electrons. The first-order valence-corrected chi connectivity index (χ1v) is 11.0. The van der Waals surface area contributed by atoms with Gasteiger partial charge in [0.25, 0.3) is 5.91 Å². The Balaban J connectivity index is 1.32. The van der Waals surface area contributed by atoms with Crippen LogP contribution in [0.25, 0.3) is 0 Å². The summed E-state index contributed by atoms with van der Waals surface area (Å²) in [5.41, 5.74) is 1.52. The van der Waals surface area contributed by atoms with Gasteiger partial charge in [-0.05, 0) is 49.8 Å². The Morgan fingerprint density at radius 2 is 1.79 bits per heavy atom. The molecule has 3 saturated heterocycles. The zero-order valence-corrected chi connectivity index (χ0v) is 17.3. The van der Waals surface area contributed by atoms with Crippen molar-refractivity contribution in [2.45, 2.75) is 57.7 Å². The van der Waals surface area contributed by atoms with Gasteiger partial charge in [0.05, 0.1) is 11.5 Å². The topological polar surface area (TPSA) is 70.1 Å². The minimum absolute atomic E-state index is 0.0530. The van der Waals surface area contributed by atoms with Crippen LogP contribution in [0.3, 0.4) is 0 Å². The van der Waals surface area contributed by atoms with E-state index in [-0.39, 0.29) is 24.1 Å². The molecule has 6 heteroatoms. The molecule has 1 N–H and O–H groups in total. The van der Waals surface area contributed by atoms with E-state index in [9.17, 15) is 14.7 Å². The number of aliphatic hydroxyl groups is 1. The van der Waals surface area contributed by atoms with Crippen molar-refractivity contribution < 1.29 is 19.4 Å². The van der Waals surface area contributed by atoms with Gasteiger partial charge < -0.3 is 14.7 Å². The minimum atomic E-state index is -0.428. The van der Waals surface area contributed by atoms with Crippen LogP contribution >= 0.6 is 0 Å². The van der Waals surface area contributed by atoms with Gasteiger partial charge in [-0.1, -0.05) is 19.1 Å². The summed E-state index contributed by atoms with van der Waals surface area (Å²) in [6.07, 6.45) is 4.40.